The number of hydrogen-bond acceptors (Lipinski definition) is 2. The number of nitrogens with zero attached hydrogens (tertiary/aromatic N) is 1. The van der Waals surface area contributed by atoms with E-state index in [-0.39, 0.29) is 12.5 Å². The van der Waals surface area contributed by atoms with E-state index < -0.39 is 12.6 Å². The Bertz CT molecular complexity index is 350. The van der Waals surface area contributed by atoms with Gasteiger partial charge in [-0.1, -0.05) is 6.92 Å². The highest BCUT2D eigenvalue weighted by molar-refractivity contribution is 5.17. The number of rotatable bonds is 5. The molecule has 1 aromatic heterocycles. The maximum Gasteiger partial charge on any atom is 0.389 e. The summed E-state index contributed by atoms with van der Waals surface area (Å²) < 4.78 is 36.6. The average molecular weight is 246 g/mol. The number of alkyl halides is 3. The largest absolute Gasteiger partial charge is 0.389 e. The zero-order valence-corrected chi connectivity index (χ0v) is 10.0. The normalized spacial score (nSPS) is 13.7. The molecule has 96 valence electrons. The van der Waals surface area contributed by atoms with Crippen LogP contribution in [0.25, 0.3) is 0 Å². The van der Waals surface area contributed by atoms with Crippen LogP contribution in [0.2, 0.25) is 0 Å². The van der Waals surface area contributed by atoms with Crippen molar-refractivity contribution in [2.24, 2.45) is 0 Å². The first-order valence-corrected chi connectivity index (χ1v) is 5.65. The molecule has 2 nitrogen and oxygen atoms in total. The molecule has 5 heteroatoms. The summed E-state index contributed by atoms with van der Waals surface area (Å²) in [5.41, 5.74) is 1.68. The SMILES string of the molecule is CCNC(CCC(F)(F)F)c1cc(C)ccn1. The number of pyridine rings is 1. The molecule has 0 spiro atoms. The number of aryl methyl sites for hydroxylation is 1. The maximum atomic E-state index is 12.2. The van der Waals surface area contributed by atoms with Crippen LogP contribution in [-0.2, 0) is 0 Å². The van der Waals surface area contributed by atoms with Crippen LogP contribution in [0, 0.1) is 6.92 Å². The van der Waals surface area contributed by atoms with Crippen molar-refractivity contribution in [2.75, 3.05) is 6.54 Å². The third-order valence-corrected chi connectivity index (χ3v) is 2.46. The van der Waals surface area contributed by atoms with Gasteiger partial charge in [-0.2, -0.15) is 13.2 Å². The van der Waals surface area contributed by atoms with Gasteiger partial charge in [0, 0.05) is 18.7 Å². The van der Waals surface area contributed by atoms with Gasteiger partial charge in [-0.05, 0) is 37.6 Å². The fraction of sp³-hybridized carbons (Fsp3) is 0.583. The monoisotopic (exact) mass is 246 g/mol. The molecule has 0 saturated heterocycles. The van der Waals surface area contributed by atoms with Crippen LogP contribution >= 0.6 is 0 Å². The molecule has 0 aliphatic carbocycles. The maximum absolute atomic E-state index is 12.2. The van der Waals surface area contributed by atoms with E-state index in [9.17, 15) is 13.2 Å². The van der Waals surface area contributed by atoms with E-state index in [0.29, 0.717) is 12.2 Å². The molecule has 0 aromatic carbocycles. The summed E-state index contributed by atoms with van der Waals surface area (Å²) in [6.07, 6.45) is -3.26. The molecule has 17 heavy (non-hydrogen) atoms. The van der Waals surface area contributed by atoms with Gasteiger partial charge in [0.05, 0.1) is 5.69 Å². The summed E-state index contributed by atoms with van der Waals surface area (Å²) in [6.45, 7) is 4.40. The third kappa shape index (κ3) is 5.17. The van der Waals surface area contributed by atoms with Gasteiger partial charge in [-0.15, -0.1) is 0 Å². The van der Waals surface area contributed by atoms with Crippen molar-refractivity contribution in [3.63, 3.8) is 0 Å². The van der Waals surface area contributed by atoms with Crippen molar-refractivity contribution >= 4 is 0 Å². The van der Waals surface area contributed by atoms with Gasteiger partial charge in [0.2, 0.25) is 0 Å². The van der Waals surface area contributed by atoms with Crippen LogP contribution in [0.15, 0.2) is 18.3 Å². The Hall–Kier alpha value is -1.10. The van der Waals surface area contributed by atoms with Crippen molar-refractivity contribution in [3.05, 3.63) is 29.6 Å². The summed E-state index contributed by atoms with van der Waals surface area (Å²) in [7, 11) is 0. The Morgan fingerprint density at radius 2 is 2.12 bits per heavy atom. The second-order valence-electron chi connectivity index (χ2n) is 4.02. The fourth-order valence-electron chi connectivity index (χ4n) is 1.66. The van der Waals surface area contributed by atoms with Gasteiger partial charge in [0.1, 0.15) is 0 Å². The van der Waals surface area contributed by atoms with Crippen LogP contribution in [0.1, 0.15) is 37.1 Å². The number of halogens is 3. The lowest BCUT2D eigenvalue weighted by molar-refractivity contribution is -0.136. The molecule has 1 heterocycles. The van der Waals surface area contributed by atoms with E-state index in [1.165, 1.54) is 0 Å². The van der Waals surface area contributed by atoms with Crippen LogP contribution in [0.3, 0.4) is 0 Å². The van der Waals surface area contributed by atoms with Gasteiger partial charge in [0.15, 0.2) is 0 Å². The van der Waals surface area contributed by atoms with Gasteiger partial charge in [-0.3, -0.25) is 4.98 Å². The minimum atomic E-state index is -4.11. The van der Waals surface area contributed by atoms with Gasteiger partial charge in [0.25, 0.3) is 0 Å². The molecular weight excluding hydrogens is 229 g/mol. The van der Waals surface area contributed by atoms with Gasteiger partial charge < -0.3 is 5.32 Å². The van der Waals surface area contributed by atoms with E-state index >= 15 is 0 Å². The van der Waals surface area contributed by atoms with Crippen LogP contribution in [-0.4, -0.2) is 17.7 Å². The predicted molar refractivity (Wildman–Crippen MR) is 60.7 cm³/mol. The van der Waals surface area contributed by atoms with Gasteiger partial charge >= 0.3 is 6.18 Å². The van der Waals surface area contributed by atoms with Crippen molar-refractivity contribution < 1.29 is 13.2 Å². The molecule has 1 unspecified atom stereocenters. The summed E-state index contributed by atoms with van der Waals surface area (Å²) in [5, 5.41) is 3.04. The number of hydrogen-bond donors (Lipinski definition) is 1. The molecule has 1 rings (SSSR count). The molecular formula is C12H17F3N2. The second kappa shape index (κ2) is 6.00. The number of nitrogens with one attached hydrogen (secondary N) is 1. The lowest BCUT2D eigenvalue weighted by Gasteiger charge is -2.18. The lowest BCUT2D eigenvalue weighted by Crippen LogP contribution is -2.24. The Labute approximate surface area is 99.3 Å². The van der Waals surface area contributed by atoms with E-state index in [0.717, 1.165) is 5.56 Å². The molecule has 0 aliphatic heterocycles. The topological polar surface area (TPSA) is 24.9 Å². The number of aromatic nitrogens is 1. The van der Waals surface area contributed by atoms with E-state index in [1.807, 2.05) is 26.0 Å². The molecule has 0 radical (unpaired) electrons. The van der Waals surface area contributed by atoms with Crippen molar-refractivity contribution in [1.29, 1.82) is 0 Å². The van der Waals surface area contributed by atoms with Crippen molar-refractivity contribution in [1.82, 2.24) is 10.3 Å². The van der Waals surface area contributed by atoms with E-state index in [1.54, 1.807) is 6.20 Å². The summed E-state index contributed by atoms with van der Waals surface area (Å²) in [5.74, 6) is 0. The fourth-order valence-corrected chi connectivity index (χ4v) is 1.66. The Balaban J connectivity index is 2.71. The Kier molecular flexibility index (Phi) is 4.93. The first-order valence-electron chi connectivity index (χ1n) is 5.65. The first-order chi connectivity index (χ1) is 7.92. The zero-order valence-electron chi connectivity index (χ0n) is 10.0. The second-order valence-corrected chi connectivity index (χ2v) is 4.02. The molecule has 0 amide bonds. The lowest BCUT2D eigenvalue weighted by atomic mass is 10.1. The van der Waals surface area contributed by atoms with Crippen LogP contribution in [0.5, 0.6) is 0 Å². The van der Waals surface area contributed by atoms with Crippen molar-refractivity contribution in [2.45, 2.75) is 38.9 Å². The third-order valence-electron chi connectivity index (χ3n) is 2.46. The van der Waals surface area contributed by atoms with Gasteiger partial charge in [-0.25, -0.2) is 0 Å². The van der Waals surface area contributed by atoms with Crippen LogP contribution < -0.4 is 5.32 Å². The first kappa shape index (κ1) is 14.0. The molecule has 0 fully saturated rings. The summed E-state index contributed by atoms with van der Waals surface area (Å²) in [4.78, 5) is 4.13. The molecule has 1 aromatic rings. The standard InChI is InChI=1S/C12H17F3N2/c1-3-16-10(4-6-12(13,14)15)11-8-9(2)5-7-17-11/h5,7-8,10,16H,3-4,6H2,1-2H3. The molecule has 0 aliphatic rings. The quantitative estimate of drug-likeness (QED) is 0.861. The average Bonchev–Trinajstić information content (AvgIpc) is 2.23. The van der Waals surface area contributed by atoms with E-state index in [4.69, 9.17) is 0 Å². The minimum Gasteiger partial charge on any atom is -0.309 e. The highest BCUT2D eigenvalue weighted by atomic mass is 19.4. The summed E-state index contributed by atoms with van der Waals surface area (Å²) >= 11 is 0. The molecule has 1 atom stereocenters. The zero-order chi connectivity index (χ0) is 12.9. The molecule has 0 saturated carbocycles. The molecule has 1 N–H and O–H groups in total. The smallest absolute Gasteiger partial charge is 0.309 e. The van der Waals surface area contributed by atoms with Crippen LogP contribution in [0.4, 0.5) is 13.2 Å². The van der Waals surface area contributed by atoms with E-state index in [2.05, 4.69) is 10.3 Å². The van der Waals surface area contributed by atoms with Crippen molar-refractivity contribution in [3.8, 4) is 0 Å². The minimum absolute atomic E-state index is 0.0216. The predicted octanol–water partition coefficient (Wildman–Crippen LogP) is 3.38. The highest BCUT2D eigenvalue weighted by Crippen LogP contribution is 2.27. The molecule has 0 bridgehead atoms. The highest BCUT2D eigenvalue weighted by Gasteiger charge is 2.28. The summed E-state index contributed by atoms with van der Waals surface area (Å²) in [6, 6.07) is 3.32. The Morgan fingerprint density at radius 3 is 2.65 bits per heavy atom. The Morgan fingerprint density at radius 1 is 1.41 bits per heavy atom.